The molecule has 3 aromatic rings. The van der Waals surface area contributed by atoms with Crippen LogP contribution in [-0.2, 0) is 10.0 Å². The van der Waals surface area contributed by atoms with Gasteiger partial charge < -0.3 is 5.32 Å². The summed E-state index contributed by atoms with van der Waals surface area (Å²) in [7, 11) is -1.83. The van der Waals surface area contributed by atoms with Crippen LogP contribution in [0.1, 0.15) is 9.67 Å². The Morgan fingerprint density at radius 2 is 1.80 bits per heavy atom. The van der Waals surface area contributed by atoms with Gasteiger partial charge >= 0.3 is 0 Å². The highest BCUT2D eigenvalue weighted by molar-refractivity contribution is 7.92. The molecule has 0 spiro atoms. The molecule has 2 aromatic carbocycles. The average Bonchev–Trinajstić information content (AvgIpc) is 2.98. The van der Waals surface area contributed by atoms with Crippen LogP contribution in [0.5, 0.6) is 0 Å². The van der Waals surface area contributed by atoms with Gasteiger partial charge in [-0.25, -0.2) is 8.42 Å². The van der Waals surface area contributed by atoms with Gasteiger partial charge in [0.15, 0.2) is 0 Å². The lowest BCUT2D eigenvalue weighted by atomic mass is 10.2. The van der Waals surface area contributed by atoms with Gasteiger partial charge in [0.25, 0.3) is 5.91 Å². The molecule has 0 aliphatic heterocycles. The number of carbonyl (C=O) groups excluding carboxylic acids is 1. The summed E-state index contributed by atoms with van der Waals surface area (Å²) in [5, 5.41) is 4.23. The highest BCUT2D eigenvalue weighted by Gasteiger charge is 2.15. The number of sulfonamides is 1. The summed E-state index contributed by atoms with van der Waals surface area (Å²) < 4.78 is 25.4. The van der Waals surface area contributed by atoms with Crippen molar-refractivity contribution in [2.24, 2.45) is 0 Å². The minimum atomic E-state index is -3.33. The van der Waals surface area contributed by atoms with Crippen LogP contribution in [0.3, 0.4) is 0 Å². The largest absolute Gasteiger partial charge is 0.321 e. The zero-order chi connectivity index (χ0) is 18.2. The minimum Gasteiger partial charge on any atom is -0.321 e. The number of rotatable bonds is 4. The number of amides is 1. The van der Waals surface area contributed by atoms with Crippen LogP contribution in [0.15, 0.2) is 48.5 Å². The first-order valence-electron chi connectivity index (χ1n) is 7.28. The molecule has 0 bridgehead atoms. The Hall–Kier alpha value is -2.09. The average molecular weight is 395 g/mol. The van der Waals surface area contributed by atoms with Crippen LogP contribution in [0.4, 0.5) is 11.4 Å². The number of hydrogen-bond donors (Lipinski definition) is 1. The standard InChI is InChI=1S/C17H15ClN2O3S2/c1-20(25(2,22)23)14-7-8-15-11(9-14)10-16(24-15)17(21)19-13-5-3-12(18)4-6-13/h3-10H,1-2H3,(H,19,21). The number of benzene rings is 2. The second-order valence-corrected chi connectivity index (χ2v) is 9.06. The molecular weight excluding hydrogens is 380 g/mol. The van der Waals surface area contributed by atoms with Crippen molar-refractivity contribution in [3.63, 3.8) is 0 Å². The predicted octanol–water partition coefficient (Wildman–Crippen LogP) is 4.20. The molecule has 5 nitrogen and oxygen atoms in total. The van der Waals surface area contributed by atoms with Crippen molar-refractivity contribution in [2.45, 2.75) is 0 Å². The number of carbonyl (C=O) groups is 1. The molecule has 1 amide bonds. The molecule has 0 aliphatic rings. The lowest BCUT2D eigenvalue weighted by Crippen LogP contribution is -2.24. The van der Waals surface area contributed by atoms with Gasteiger partial charge in [0, 0.05) is 22.5 Å². The van der Waals surface area contributed by atoms with Gasteiger partial charge in [0.2, 0.25) is 10.0 Å². The van der Waals surface area contributed by atoms with E-state index in [1.807, 2.05) is 6.07 Å². The van der Waals surface area contributed by atoms with Crippen molar-refractivity contribution in [2.75, 3.05) is 22.9 Å². The third-order valence-electron chi connectivity index (χ3n) is 3.69. The fourth-order valence-electron chi connectivity index (χ4n) is 2.26. The lowest BCUT2D eigenvalue weighted by Gasteiger charge is -2.16. The van der Waals surface area contributed by atoms with E-state index in [2.05, 4.69) is 5.32 Å². The van der Waals surface area contributed by atoms with Crippen molar-refractivity contribution >= 4 is 60.3 Å². The van der Waals surface area contributed by atoms with E-state index < -0.39 is 10.0 Å². The molecule has 0 radical (unpaired) electrons. The Morgan fingerprint density at radius 1 is 1.12 bits per heavy atom. The van der Waals surface area contributed by atoms with Gasteiger partial charge in [-0.15, -0.1) is 11.3 Å². The zero-order valence-corrected chi connectivity index (χ0v) is 15.9. The van der Waals surface area contributed by atoms with E-state index in [9.17, 15) is 13.2 Å². The van der Waals surface area contributed by atoms with Gasteiger partial charge in [-0.2, -0.15) is 0 Å². The number of halogens is 1. The molecule has 130 valence electrons. The van der Waals surface area contributed by atoms with Crippen molar-refractivity contribution in [1.29, 1.82) is 0 Å². The number of nitrogens with one attached hydrogen (secondary N) is 1. The summed E-state index contributed by atoms with van der Waals surface area (Å²) in [6.45, 7) is 0. The molecular formula is C17H15ClN2O3S2. The highest BCUT2D eigenvalue weighted by atomic mass is 35.5. The Labute approximate surface area is 154 Å². The fraction of sp³-hybridized carbons (Fsp3) is 0.118. The van der Waals surface area contributed by atoms with Gasteiger partial charge in [-0.3, -0.25) is 9.10 Å². The molecule has 3 rings (SSSR count). The maximum absolute atomic E-state index is 12.4. The first-order chi connectivity index (χ1) is 11.7. The summed E-state index contributed by atoms with van der Waals surface area (Å²) in [5.74, 6) is -0.221. The van der Waals surface area contributed by atoms with E-state index in [0.29, 0.717) is 21.3 Å². The summed E-state index contributed by atoms with van der Waals surface area (Å²) in [6, 6.07) is 13.9. The number of thiophene rings is 1. The number of nitrogens with zero attached hydrogens (tertiary/aromatic N) is 1. The van der Waals surface area contributed by atoms with Crippen LogP contribution in [0.25, 0.3) is 10.1 Å². The second kappa shape index (κ2) is 6.67. The molecule has 8 heteroatoms. The van der Waals surface area contributed by atoms with E-state index in [4.69, 9.17) is 11.6 Å². The van der Waals surface area contributed by atoms with E-state index in [1.165, 1.54) is 22.7 Å². The first-order valence-corrected chi connectivity index (χ1v) is 10.3. The van der Waals surface area contributed by atoms with Gasteiger partial charge in [0.1, 0.15) is 0 Å². The van der Waals surface area contributed by atoms with E-state index in [1.54, 1.807) is 42.5 Å². The first kappa shape index (κ1) is 17.7. The molecule has 1 heterocycles. The summed E-state index contributed by atoms with van der Waals surface area (Å²) in [4.78, 5) is 13.0. The van der Waals surface area contributed by atoms with Gasteiger partial charge in [-0.05, 0) is 53.9 Å². The third-order valence-corrected chi connectivity index (χ3v) is 6.26. The van der Waals surface area contributed by atoms with Crippen molar-refractivity contribution in [3.8, 4) is 0 Å². The molecule has 25 heavy (non-hydrogen) atoms. The molecule has 0 saturated heterocycles. The van der Waals surface area contributed by atoms with Crippen LogP contribution in [0.2, 0.25) is 5.02 Å². The fourth-order valence-corrected chi connectivity index (χ4v) is 3.82. The highest BCUT2D eigenvalue weighted by Crippen LogP contribution is 2.30. The van der Waals surface area contributed by atoms with E-state index >= 15 is 0 Å². The molecule has 0 saturated carbocycles. The molecule has 0 aliphatic carbocycles. The maximum atomic E-state index is 12.4. The van der Waals surface area contributed by atoms with Crippen molar-refractivity contribution in [3.05, 3.63) is 58.4 Å². The quantitative estimate of drug-likeness (QED) is 0.721. The zero-order valence-electron chi connectivity index (χ0n) is 13.5. The predicted molar refractivity (Wildman–Crippen MR) is 104 cm³/mol. The Bertz CT molecular complexity index is 1040. The minimum absolute atomic E-state index is 0.221. The lowest BCUT2D eigenvalue weighted by molar-refractivity contribution is 0.103. The molecule has 1 aromatic heterocycles. The molecule has 1 N–H and O–H groups in total. The monoisotopic (exact) mass is 394 g/mol. The van der Waals surface area contributed by atoms with Crippen LogP contribution in [0, 0.1) is 0 Å². The van der Waals surface area contributed by atoms with Crippen molar-refractivity contribution in [1.82, 2.24) is 0 Å². The van der Waals surface area contributed by atoms with Gasteiger partial charge in [0.05, 0.1) is 16.8 Å². The summed E-state index contributed by atoms with van der Waals surface area (Å²) >= 11 is 7.18. The van der Waals surface area contributed by atoms with E-state index in [-0.39, 0.29) is 5.91 Å². The third kappa shape index (κ3) is 3.95. The second-order valence-electron chi connectivity index (χ2n) is 5.52. The van der Waals surface area contributed by atoms with Crippen LogP contribution in [-0.4, -0.2) is 27.6 Å². The SMILES string of the molecule is CN(c1ccc2sc(C(=O)Nc3ccc(Cl)cc3)cc2c1)S(C)(=O)=O. The normalized spacial score (nSPS) is 11.5. The number of fused-ring (bicyclic) bond motifs is 1. The Balaban J connectivity index is 1.88. The maximum Gasteiger partial charge on any atom is 0.265 e. The van der Waals surface area contributed by atoms with Gasteiger partial charge in [-0.1, -0.05) is 11.6 Å². The molecule has 0 unspecified atom stereocenters. The Kier molecular flexibility index (Phi) is 4.73. The number of anilines is 2. The van der Waals surface area contributed by atoms with Crippen molar-refractivity contribution < 1.29 is 13.2 Å². The molecule has 0 atom stereocenters. The van der Waals surface area contributed by atoms with E-state index in [0.717, 1.165) is 16.3 Å². The topological polar surface area (TPSA) is 66.5 Å². The summed E-state index contributed by atoms with van der Waals surface area (Å²) in [6.07, 6.45) is 1.15. The summed E-state index contributed by atoms with van der Waals surface area (Å²) in [5.41, 5.74) is 1.21. The Morgan fingerprint density at radius 3 is 2.44 bits per heavy atom. The smallest absolute Gasteiger partial charge is 0.265 e. The molecule has 0 fully saturated rings. The number of hydrogen-bond acceptors (Lipinski definition) is 4. The van der Waals surface area contributed by atoms with Crippen LogP contribution >= 0.6 is 22.9 Å². The van der Waals surface area contributed by atoms with Crippen LogP contribution < -0.4 is 9.62 Å².